The molecule has 6 heteroatoms. The van der Waals surface area contributed by atoms with Gasteiger partial charge in [-0.15, -0.1) is 11.3 Å². The number of halogens is 1. The third-order valence-corrected chi connectivity index (χ3v) is 8.51. The van der Waals surface area contributed by atoms with Crippen molar-refractivity contribution in [2.45, 2.75) is 31.3 Å². The molecular weight excluding hydrogens is 500 g/mol. The van der Waals surface area contributed by atoms with E-state index in [1.807, 2.05) is 71.6 Å². The predicted octanol–water partition coefficient (Wildman–Crippen LogP) is 6.85. The van der Waals surface area contributed by atoms with Crippen LogP contribution in [0.4, 0.5) is 0 Å². The molecule has 4 aromatic rings. The maximum Gasteiger partial charge on any atom is 0.254 e. The fraction of sp³-hybridized carbons (Fsp3) is 0.226. The summed E-state index contributed by atoms with van der Waals surface area (Å²) < 4.78 is 0. The fourth-order valence-corrected chi connectivity index (χ4v) is 6.21. The Labute approximate surface area is 226 Å². The smallest absolute Gasteiger partial charge is 0.254 e. The third kappa shape index (κ3) is 4.94. The van der Waals surface area contributed by atoms with Gasteiger partial charge in [-0.05, 0) is 77.2 Å². The van der Waals surface area contributed by atoms with Crippen LogP contribution in [-0.2, 0) is 11.2 Å². The minimum absolute atomic E-state index is 0.0158. The van der Waals surface area contributed by atoms with E-state index in [2.05, 4.69) is 23.6 Å². The Morgan fingerprint density at radius 2 is 1.59 bits per heavy atom. The Morgan fingerprint density at radius 3 is 2.30 bits per heavy atom. The highest BCUT2D eigenvalue weighted by molar-refractivity contribution is 7.10. The van der Waals surface area contributed by atoms with Crippen LogP contribution in [0.15, 0.2) is 90.3 Å². The number of rotatable bonds is 6. The normalized spacial score (nSPS) is 16.8. The number of fused-ring (bicyclic) bond motifs is 1. The van der Waals surface area contributed by atoms with Crippen molar-refractivity contribution in [1.82, 2.24) is 9.80 Å². The summed E-state index contributed by atoms with van der Waals surface area (Å²) in [6.07, 6.45) is 2.72. The molecule has 1 saturated carbocycles. The van der Waals surface area contributed by atoms with Crippen LogP contribution in [0.2, 0.25) is 5.02 Å². The van der Waals surface area contributed by atoms with Gasteiger partial charge >= 0.3 is 0 Å². The topological polar surface area (TPSA) is 40.6 Å². The van der Waals surface area contributed by atoms with Crippen LogP contribution >= 0.6 is 22.9 Å². The summed E-state index contributed by atoms with van der Waals surface area (Å²) >= 11 is 7.90. The van der Waals surface area contributed by atoms with E-state index >= 15 is 0 Å². The maximum atomic E-state index is 13.8. The van der Waals surface area contributed by atoms with E-state index in [-0.39, 0.29) is 30.4 Å². The number of nitrogens with zero attached hydrogens (tertiary/aromatic N) is 2. The van der Waals surface area contributed by atoms with E-state index < -0.39 is 0 Å². The number of thiophene rings is 1. The summed E-state index contributed by atoms with van der Waals surface area (Å²) in [7, 11) is 0. The van der Waals surface area contributed by atoms with Gasteiger partial charge in [-0.1, -0.05) is 66.2 Å². The lowest BCUT2D eigenvalue weighted by Crippen LogP contribution is -2.47. The Balaban J connectivity index is 1.24. The molecule has 37 heavy (non-hydrogen) atoms. The van der Waals surface area contributed by atoms with Gasteiger partial charge in [0.15, 0.2) is 0 Å². The second-order valence-corrected chi connectivity index (χ2v) is 11.1. The van der Waals surface area contributed by atoms with Crippen molar-refractivity contribution in [2.24, 2.45) is 0 Å². The molecule has 0 radical (unpaired) electrons. The monoisotopic (exact) mass is 526 g/mol. The van der Waals surface area contributed by atoms with Gasteiger partial charge in [-0.2, -0.15) is 0 Å². The zero-order valence-corrected chi connectivity index (χ0v) is 21.9. The van der Waals surface area contributed by atoms with Crippen molar-refractivity contribution in [2.75, 3.05) is 13.1 Å². The lowest BCUT2D eigenvalue weighted by atomic mass is 9.93. The predicted molar refractivity (Wildman–Crippen MR) is 149 cm³/mol. The Kier molecular flexibility index (Phi) is 6.58. The van der Waals surface area contributed by atoms with E-state index in [1.54, 1.807) is 16.2 Å². The van der Waals surface area contributed by atoms with Crippen LogP contribution in [0.3, 0.4) is 0 Å². The summed E-state index contributed by atoms with van der Waals surface area (Å²) in [4.78, 5) is 32.4. The van der Waals surface area contributed by atoms with Crippen molar-refractivity contribution < 1.29 is 9.59 Å². The first-order valence-corrected chi connectivity index (χ1v) is 13.9. The number of amides is 2. The van der Waals surface area contributed by atoms with Crippen molar-refractivity contribution in [3.05, 3.63) is 117 Å². The average Bonchev–Trinajstić information content (AvgIpc) is 3.67. The molecule has 4 nitrogen and oxygen atoms in total. The largest absolute Gasteiger partial charge is 0.330 e. The highest BCUT2D eigenvalue weighted by Crippen LogP contribution is 2.38. The first-order valence-electron chi connectivity index (χ1n) is 12.7. The number of hydrogen-bond acceptors (Lipinski definition) is 3. The minimum atomic E-state index is -0.166. The quantitative estimate of drug-likeness (QED) is 0.276. The molecule has 186 valence electrons. The van der Waals surface area contributed by atoms with Gasteiger partial charge in [-0.3, -0.25) is 9.59 Å². The second-order valence-electron chi connectivity index (χ2n) is 9.70. The molecule has 0 bridgehead atoms. The lowest BCUT2D eigenvalue weighted by molar-refractivity contribution is -0.134. The zero-order chi connectivity index (χ0) is 25.4. The maximum absolute atomic E-state index is 13.8. The number of benzene rings is 3. The Bertz CT molecular complexity index is 1410. The van der Waals surface area contributed by atoms with Crippen molar-refractivity contribution in [1.29, 1.82) is 0 Å². The lowest BCUT2D eigenvalue weighted by Gasteiger charge is -2.37. The third-order valence-electron chi connectivity index (χ3n) is 7.27. The zero-order valence-electron chi connectivity index (χ0n) is 20.3. The molecule has 0 saturated heterocycles. The molecule has 6 rings (SSSR count). The van der Waals surface area contributed by atoms with Crippen LogP contribution in [-0.4, -0.2) is 40.7 Å². The summed E-state index contributed by atoms with van der Waals surface area (Å²) in [5.41, 5.74) is 5.01. The van der Waals surface area contributed by atoms with Gasteiger partial charge in [0.1, 0.15) is 6.54 Å². The van der Waals surface area contributed by atoms with Crippen LogP contribution in [0.1, 0.15) is 45.2 Å². The summed E-state index contributed by atoms with van der Waals surface area (Å²) in [6, 6.07) is 27.7. The molecule has 2 aliphatic rings. The van der Waals surface area contributed by atoms with Gasteiger partial charge in [0, 0.05) is 28.0 Å². The molecule has 2 heterocycles. The van der Waals surface area contributed by atoms with Crippen LogP contribution in [0, 0.1) is 0 Å². The van der Waals surface area contributed by atoms with Crippen LogP contribution in [0.5, 0.6) is 0 Å². The van der Waals surface area contributed by atoms with Gasteiger partial charge in [0.2, 0.25) is 5.91 Å². The summed E-state index contributed by atoms with van der Waals surface area (Å²) in [6.45, 7) is 0.728. The van der Waals surface area contributed by atoms with Crippen molar-refractivity contribution >= 4 is 34.8 Å². The van der Waals surface area contributed by atoms with Crippen LogP contribution < -0.4 is 0 Å². The van der Waals surface area contributed by atoms with Crippen molar-refractivity contribution in [3.8, 4) is 11.1 Å². The molecule has 2 amide bonds. The highest BCUT2D eigenvalue weighted by atomic mass is 35.5. The Hall–Kier alpha value is -3.41. The van der Waals surface area contributed by atoms with Gasteiger partial charge in [0.25, 0.3) is 5.91 Å². The SMILES string of the molecule is O=C(c1ccc(-c2ccccc2)cc1)N(CC(=O)N1CCc2sccc2C1c1ccc(Cl)cc1)C1CC1. The Morgan fingerprint density at radius 1 is 0.892 bits per heavy atom. The van der Waals surface area contributed by atoms with Crippen molar-refractivity contribution in [3.63, 3.8) is 0 Å². The van der Waals surface area contributed by atoms with Crippen LogP contribution in [0.25, 0.3) is 11.1 Å². The summed E-state index contributed by atoms with van der Waals surface area (Å²) in [5.74, 6) is -0.0929. The second kappa shape index (κ2) is 10.2. The molecular formula is C31H27ClN2O2S. The van der Waals surface area contributed by atoms with E-state index in [0.29, 0.717) is 17.1 Å². The molecule has 1 aromatic heterocycles. The van der Waals surface area contributed by atoms with Gasteiger partial charge in [-0.25, -0.2) is 0 Å². The molecule has 1 unspecified atom stereocenters. The molecule has 1 atom stereocenters. The van der Waals surface area contributed by atoms with E-state index in [4.69, 9.17) is 11.6 Å². The highest BCUT2D eigenvalue weighted by Gasteiger charge is 2.38. The first kappa shape index (κ1) is 24.0. The van der Waals surface area contributed by atoms with Gasteiger partial charge < -0.3 is 9.80 Å². The molecule has 0 N–H and O–H groups in total. The minimum Gasteiger partial charge on any atom is -0.330 e. The van der Waals surface area contributed by atoms with Gasteiger partial charge in [0.05, 0.1) is 6.04 Å². The molecule has 1 fully saturated rings. The molecule has 3 aromatic carbocycles. The number of hydrogen-bond donors (Lipinski definition) is 0. The molecule has 1 aliphatic carbocycles. The number of carbonyl (C=O) groups is 2. The fourth-order valence-electron chi connectivity index (χ4n) is 5.18. The van der Waals surface area contributed by atoms with E-state index in [1.165, 1.54) is 10.4 Å². The molecule has 0 spiro atoms. The summed E-state index contributed by atoms with van der Waals surface area (Å²) in [5, 5.41) is 2.77. The van der Waals surface area contributed by atoms with E-state index in [9.17, 15) is 9.59 Å². The van der Waals surface area contributed by atoms with E-state index in [0.717, 1.165) is 36.0 Å². The molecule has 1 aliphatic heterocycles. The number of carbonyl (C=O) groups excluding carboxylic acids is 2. The average molecular weight is 527 g/mol. The first-order chi connectivity index (χ1) is 18.1. The standard InChI is InChI=1S/C31H27ClN2O2S/c32-25-12-10-23(11-13-25)30-27-17-19-37-28(27)16-18-33(30)29(35)20-34(26-14-15-26)31(36)24-8-6-22(7-9-24)21-4-2-1-3-5-21/h1-13,17,19,26,30H,14-16,18,20H2.